The van der Waals surface area contributed by atoms with Gasteiger partial charge < -0.3 is 9.13 Å². The Hall–Kier alpha value is -15.2. The van der Waals surface area contributed by atoms with E-state index in [4.69, 9.17) is 15.0 Å². The van der Waals surface area contributed by atoms with Crippen molar-refractivity contribution >= 4 is 87.5 Å². The summed E-state index contributed by atoms with van der Waals surface area (Å²) in [5, 5.41) is 9.57. The summed E-state index contributed by atoms with van der Waals surface area (Å²) < 4.78 is 9.31. The van der Waals surface area contributed by atoms with Gasteiger partial charge in [-0.3, -0.25) is 19.1 Å². The summed E-state index contributed by atoms with van der Waals surface area (Å²) in [7, 11) is 0. The van der Waals surface area contributed by atoms with E-state index >= 15 is 0 Å². The molecule has 0 unspecified atom stereocenters. The van der Waals surface area contributed by atoms with Gasteiger partial charge in [0.15, 0.2) is 0 Å². The van der Waals surface area contributed by atoms with E-state index in [1.807, 2.05) is 67.3 Å². The second-order valence-electron chi connectivity index (χ2n) is 28.3. The van der Waals surface area contributed by atoms with E-state index in [-0.39, 0.29) is 0 Å². The molecule has 0 radical (unpaired) electrons. The highest BCUT2D eigenvalue weighted by Gasteiger charge is 2.23. The molecule has 13 aromatic carbocycles. The van der Waals surface area contributed by atoms with Crippen molar-refractivity contribution in [1.29, 1.82) is 0 Å². The van der Waals surface area contributed by atoms with Gasteiger partial charge in [-0.2, -0.15) is 0 Å². The maximum atomic E-state index is 5.18. The molecule has 0 spiro atoms. The lowest BCUT2D eigenvalue weighted by atomic mass is 9.96. The molecule has 524 valence electrons. The van der Waals surface area contributed by atoms with Crippen LogP contribution in [0.5, 0.6) is 0 Å². The van der Waals surface area contributed by atoms with E-state index in [1.165, 1.54) is 82.2 Å². The van der Waals surface area contributed by atoms with Crippen LogP contribution < -0.4 is 0 Å². The Morgan fingerprint density at radius 3 is 0.991 bits per heavy atom. The largest absolute Gasteiger partial charge is 0.309 e. The van der Waals surface area contributed by atoms with E-state index in [0.29, 0.717) is 0 Å². The van der Waals surface area contributed by atoms with Gasteiger partial charge in [0.1, 0.15) is 11.3 Å². The molecule has 0 bridgehead atoms. The van der Waals surface area contributed by atoms with Gasteiger partial charge in [0, 0.05) is 113 Å². The van der Waals surface area contributed by atoms with Crippen molar-refractivity contribution in [3.8, 4) is 112 Å². The molecule has 0 aliphatic heterocycles. The Morgan fingerprint density at radius 1 is 0.170 bits per heavy atom. The summed E-state index contributed by atoms with van der Waals surface area (Å²) in [5.41, 5.74) is 30.7. The Bertz CT molecular complexity index is 6760. The highest BCUT2D eigenvalue weighted by molar-refractivity contribution is 6.19. The first-order chi connectivity index (χ1) is 55.6. The zero-order valence-corrected chi connectivity index (χ0v) is 60.7. The predicted molar refractivity (Wildman–Crippen MR) is 463 cm³/mol. The third-order valence-corrected chi connectivity index (χ3v) is 21.8. The number of rotatable bonds is 12. The molecule has 0 aliphatic rings. The van der Waals surface area contributed by atoms with Crippen LogP contribution in [0, 0.1) is 0 Å². The Balaban J connectivity index is 0.000000141. The van der Waals surface area contributed by atoms with Crippen LogP contribution in [-0.4, -0.2) is 43.2 Å². The molecule has 9 heteroatoms. The fourth-order valence-corrected chi connectivity index (χ4v) is 16.8. The Kier molecular flexibility index (Phi) is 16.0. The third-order valence-electron chi connectivity index (χ3n) is 21.8. The summed E-state index contributed by atoms with van der Waals surface area (Å²) >= 11 is 0. The van der Waals surface area contributed by atoms with Gasteiger partial charge in [-0.1, -0.05) is 206 Å². The lowest BCUT2D eigenvalue weighted by molar-refractivity contribution is 1.14. The van der Waals surface area contributed by atoms with Crippen LogP contribution >= 0.6 is 0 Å². The van der Waals surface area contributed by atoms with E-state index < -0.39 is 0 Å². The molecule has 0 fully saturated rings. The molecular weight excluding hydrogens is 1360 g/mol. The molecule has 22 aromatic rings. The maximum Gasteiger partial charge on any atom is 0.145 e. The van der Waals surface area contributed by atoms with Crippen molar-refractivity contribution in [3.63, 3.8) is 0 Å². The van der Waals surface area contributed by atoms with Gasteiger partial charge in [-0.15, -0.1) is 0 Å². The van der Waals surface area contributed by atoms with Crippen molar-refractivity contribution in [1.82, 2.24) is 43.2 Å². The summed E-state index contributed by atoms with van der Waals surface area (Å²) in [4.78, 5) is 24.2. The monoisotopic (exact) mass is 1430 g/mol. The summed E-state index contributed by atoms with van der Waals surface area (Å²) in [6.45, 7) is 0. The molecule has 9 heterocycles. The first-order valence-electron chi connectivity index (χ1n) is 37.8. The second kappa shape index (κ2) is 27.5. The zero-order valence-electron chi connectivity index (χ0n) is 60.7. The van der Waals surface area contributed by atoms with Crippen molar-refractivity contribution in [2.24, 2.45) is 0 Å². The highest BCUT2D eigenvalue weighted by atomic mass is 15.1. The number of para-hydroxylation sites is 4. The van der Waals surface area contributed by atoms with E-state index in [1.54, 1.807) is 0 Å². The minimum Gasteiger partial charge on any atom is -0.309 e. The first-order valence-corrected chi connectivity index (χ1v) is 37.8. The summed E-state index contributed by atoms with van der Waals surface area (Å²) in [5.74, 6) is 0. The second-order valence-corrected chi connectivity index (χ2v) is 28.3. The van der Waals surface area contributed by atoms with Crippen molar-refractivity contribution in [2.45, 2.75) is 0 Å². The van der Waals surface area contributed by atoms with Crippen LogP contribution in [0.4, 0.5) is 0 Å². The van der Waals surface area contributed by atoms with E-state index in [2.05, 4.69) is 368 Å². The lowest BCUT2D eigenvalue weighted by Crippen LogP contribution is -1.95. The van der Waals surface area contributed by atoms with Gasteiger partial charge >= 0.3 is 0 Å². The van der Waals surface area contributed by atoms with E-state index in [9.17, 15) is 0 Å². The molecule has 0 atom stereocenters. The van der Waals surface area contributed by atoms with Gasteiger partial charge in [0.2, 0.25) is 0 Å². The molecule has 0 N–H and O–H groups in total. The zero-order chi connectivity index (χ0) is 74.0. The number of aromatic nitrogens is 9. The molecule has 112 heavy (non-hydrogen) atoms. The summed E-state index contributed by atoms with van der Waals surface area (Å²) in [6.07, 6.45) is 7.44. The molecular formula is C103H67N9. The van der Waals surface area contributed by atoms with E-state index in [0.717, 1.165) is 118 Å². The van der Waals surface area contributed by atoms with Gasteiger partial charge in [0.25, 0.3) is 0 Å². The van der Waals surface area contributed by atoms with Crippen molar-refractivity contribution in [3.05, 3.63) is 407 Å². The number of fused-ring (bicyclic) bond motifs is 12. The average Bonchev–Trinajstić information content (AvgIpc) is 1.55. The minimum absolute atomic E-state index is 0.932. The number of nitrogens with zero attached hydrogens (tertiary/aromatic N) is 9. The minimum atomic E-state index is 0.932. The van der Waals surface area contributed by atoms with Crippen LogP contribution in [0.3, 0.4) is 0 Å². The van der Waals surface area contributed by atoms with Gasteiger partial charge in [-0.05, 0) is 220 Å². The number of pyridine rings is 5. The molecule has 9 aromatic heterocycles. The van der Waals surface area contributed by atoms with Gasteiger partial charge in [-0.25, -0.2) is 15.0 Å². The SMILES string of the molecule is c1ccc(-c2cc(-c3ccccc3)nc(-c3ccc(-n4c5ccccc5c5c(-c6ccc7c(c6)c6cccnc6n7-c6ccccc6)cccc54)cc3)c2)cc1.c1ccc(-n2c3ccc(-c4cccc5c4c4ccccc4n5-c4ccc(-c5cc(-c6ccccn6)cc(-c6ccccn6)c5)cc4)cc3c3cccnc32)cc1. The Labute approximate surface area is 645 Å². The molecule has 0 amide bonds. The number of hydrogen-bond acceptors (Lipinski definition) is 5. The number of hydrogen-bond donors (Lipinski definition) is 0. The fraction of sp³-hybridized carbons (Fsp3) is 0. The smallest absolute Gasteiger partial charge is 0.145 e. The fourth-order valence-electron chi connectivity index (χ4n) is 16.8. The van der Waals surface area contributed by atoms with Crippen LogP contribution in [0.1, 0.15) is 0 Å². The maximum absolute atomic E-state index is 5.18. The average molecular weight is 1430 g/mol. The van der Waals surface area contributed by atoms with Gasteiger partial charge in [0.05, 0.1) is 55.9 Å². The molecule has 22 rings (SSSR count). The van der Waals surface area contributed by atoms with Crippen LogP contribution in [0.2, 0.25) is 0 Å². The summed E-state index contributed by atoms with van der Waals surface area (Å²) in [6, 6.07) is 136. The third kappa shape index (κ3) is 11.4. The van der Waals surface area contributed by atoms with Crippen molar-refractivity contribution in [2.75, 3.05) is 0 Å². The standard InChI is InChI=1S/C52H34N4.C51H33N5/c1-4-14-35(15-5-1)39-33-46(36-16-6-2-7-17-36)54-47(34-39)37-25-28-41(29-26-37)55-48-23-11-10-20-44(48)51-42(21-12-24-50(51)55)38-27-30-49-45(32-38)43-22-13-31-53-52(43)56(49)40-18-8-3-9-19-40;1-2-12-39(13-3-1)56-48-26-23-35(33-44(48)42-16-11-29-54-51(42)56)41-15-10-20-49-50(41)43-14-4-5-19-47(43)55(49)40-24-21-34(22-25-40)36-30-37(45-17-6-8-27-52-45)32-38(31-36)46-18-7-9-28-53-46/h1-34H;1-33H. The normalized spacial score (nSPS) is 11.6. The predicted octanol–water partition coefficient (Wildman–Crippen LogP) is 26.1. The molecule has 0 aliphatic carbocycles. The quantitative estimate of drug-likeness (QED) is 0.122. The number of benzene rings is 13. The van der Waals surface area contributed by atoms with Crippen LogP contribution in [0.15, 0.2) is 407 Å². The van der Waals surface area contributed by atoms with Crippen LogP contribution in [-0.2, 0) is 0 Å². The van der Waals surface area contributed by atoms with Crippen LogP contribution in [0.25, 0.3) is 200 Å². The lowest BCUT2D eigenvalue weighted by Gasteiger charge is -2.12. The molecule has 0 saturated carbocycles. The Morgan fingerprint density at radius 2 is 0.518 bits per heavy atom. The highest BCUT2D eigenvalue weighted by Crippen LogP contribution is 2.45. The van der Waals surface area contributed by atoms with Crippen molar-refractivity contribution < 1.29 is 0 Å². The molecule has 9 nitrogen and oxygen atoms in total. The molecule has 0 saturated heterocycles. The first kappa shape index (κ1) is 65.1. The topological polar surface area (TPSA) is 84.2 Å².